The van der Waals surface area contributed by atoms with Crippen molar-refractivity contribution in [1.29, 1.82) is 0 Å². The quantitative estimate of drug-likeness (QED) is 0.0350. The number of aldehydes is 1. The average Bonchev–Trinajstić information content (AvgIpc) is 3.22. The summed E-state index contributed by atoms with van der Waals surface area (Å²) in [7, 11) is 4.48. The molecular weight excluding hydrogens is 703 g/mol. The molecule has 0 saturated carbocycles. The van der Waals surface area contributed by atoms with E-state index in [1.165, 1.54) is 148 Å². The summed E-state index contributed by atoms with van der Waals surface area (Å²) in [5.74, 6) is 1.18. The van der Waals surface area contributed by atoms with Crippen molar-refractivity contribution in [2.24, 2.45) is 5.92 Å². The van der Waals surface area contributed by atoms with Crippen LogP contribution in [0.3, 0.4) is 0 Å². The zero-order valence-corrected chi connectivity index (χ0v) is 41.1. The van der Waals surface area contributed by atoms with E-state index in [9.17, 15) is 14.4 Å². The van der Waals surface area contributed by atoms with Crippen LogP contribution in [-0.4, -0.2) is 49.2 Å². The molecule has 0 aliphatic heterocycles. The fraction of sp³-hybridized carbons (Fsp3) is 0.942. The van der Waals surface area contributed by atoms with E-state index < -0.39 is 0 Å². The van der Waals surface area contributed by atoms with E-state index in [1.54, 1.807) is 0 Å². The number of hydrogen-bond acceptors (Lipinski definition) is 5. The van der Waals surface area contributed by atoms with Crippen molar-refractivity contribution in [2.75, 3.05) is 14.1 Å². The maximum absolute atomic E-state index is 12.5. The molecule has 5 nitrogen and oxygen atoms in total. The van der Waals surface area contributed by atoms with Gasteiger partial charge in [-0.2, -0.15) is 0 Å². The standard InChI is InChI=1S/C40H79NO3.C8H16O.2C2H6/c1-7-11-27-36(28-12-8-2)35-38(42)31-25-21-17-15-19-23-29-37(41(5)6)30-24-20-16-18-22-26-34-40(43)44-39(32-13-9-3)33-14-10-4;1-2-3-4-5-6-7-8-9;2*1-2/h36-37,39H,7-35H2,1-6H3;8H,2-7H2,1H3;2*1-2H3. The Morgan fingerprint density at radius 3 is 1.30 bits per heavy atom. The van der Waals surface area contributed by atoms with Gasteiger partial charge in [0, 0.05) is 31.7 Å². The zero-order chi connectivity index (χ0) is 43.6. The minimum atomic E-state index is 0.0233. The van der Waals surface area contributed by atoms with E-state index in [-0.39, 0.29) is 12.1 Å². The molecule has 0 aromatic rings. The zero-order valence-electron chi connectivity index (χ0n) is 41.1. The smallest absolute Gasteiger partial charge is 0.306 e. The van der Waals surface area contributed by atoms with Crippen molar-refractivity contribution >= 4 is 18.0 Å². The lowest BCUT2D eigenvalue weighted by Crippen LogP contribution is -2.27. The topological polar surface area (TPSA) is 63.7 Å². The van der Waals surface area contributed by atoms with E-state index in [4.69, 9.17) is 4.74 Å². The Labute approximate surface area is 360 Å². The minimum Gasteiger partial charge on any atom is -0.462 e. The predicted octanol–water partition coefficient (Wildman–Crippen LogP) is 17.0. The minimum absolute atomic E-state index is 0.0233. The fourth-order valence-electron chi connectivity index (χ4n) is 7.39. The first-order valence-corrected chi connectivity index (χ1v) is 25.6. The second-order valence-electron chi connectivity index (χ2n) is 16.6. The second kappa shape index (κ2) is 54.8. The highest BCUT2D eigenvalue weighted by atomic mass is 16.5. The van der Waals surface area contributed by atoms with Crippen LogP contribution in [0.15, 0.2) is 0 Å². The van der Waals surface area contributed by atoms with Crippen molar-refractivity contribution in [3.05, 3.63) is 0 Å². The van der Waals surface area contributed by atoms with Crippen LogP contribution in [0.2, 0.25) is 0 Å². The largest absolute Gasteiger partial charge is 0.462 e. The Hall–Kier alpha value is -1.23. The molecule has 57 heavy (non-hydrogen) atoms. The first-order valence-electron chi connectivity index (χ1n) is 25.6. The van der Waals surface area contributed by atoms with E-state index in [2.05, 4.69) is 53.6 Å². The normalized spacial score (nSPS) is 11.3. The number of esters is 1. The molecule has 0 saturated heterocycles. The van der Waals surface area contributed by atoms with Crippen LogP contribution in [0.5, 0.6) is 0 Å². The third kappa shape index (κ3) is 50.8. The maximum atomic E-state index is 12.5. The molecule has 0 bridgehead atoms. The van der Waals surface area contributed by atoms with Gasteiger partial charge in [0.05, 0.1) is 0 Å². The number of ether oxygens (including phenoxy) is 1. The van der Waals surface area contributed by atoms with Crippen LogP contribution in [0.25, 0.3) is 0 Å². The molecule has 0 aliphatic carbocycles. The van der Waals surface area contributed by atoms with Crippen molar-refractivity contribution in [1.82, 2.24) is 4.90 Å². The lowest BCUT2D eigenvalue weighted by atomic mass is 9.90. The molecule has 1 unspecified atom stereocenters. The lowest BCUT2D eigenvalue weighted by molar-refractivity contribution is -0.150. The van der Waals surface area contributed by atoms with Crippen molar-refractivity contribution < 1.29 is 19.1 Å². The molecule has 0 rings (SSSR count). The Balaban J connectivity index is -0.000000930. The van der Waals surface area contributed by atoms with Crippen LogP contribution in [0.4, 0.5) is 0 Å². The van der Waals surface area contributed by atoms with Crippen LogP contribution >= 0.6 is 0 Å². The van der Waals surface area contributed by atoms with Crippen LogP contribution in [0.1, 0.15) is 287 Å². The van der Waals surface area contributed by atoms with Crippen LogP contribution in [-0.2, 0) is 19.1 Å². The van der Waals surface area contributed by atoms with E-state index in [0.29, 0.717) is 24.2 Å². The lowest BCUT2D eigenvalue weighted by Gasteiger charge is -2.24. The number of ketones is 1. The molecule has 0 fully saturated rings. The highest BCUT2D eigenvalue weighted by Gasteiger charge is 2.15. The summed E-state index contributed by atoms with van der Waals surface area (Å²) in [5, 5.41) is 0. The molecular formula is C52H107NO4. The molecule has 1 atom stereocenters. The monoisotopic (exact) mass is 810 g/mol. The Kier molecular flexibility index (Phi) is 60.0. The van der Waals surface area contributed by atoms with Crippen molar-refractivity contribution in [3.8, 4) is 0 Å². The number of rotatable bonds is 40. The summed E-state index contributed by atoms with van der Waals surface area (Å²) in [6, 6.07) is 0.698. The maximum Gasteiger partial charge on any atom is 0.306 e. The van der Waals surface area contributed by atoms with Gasteiger partial charge in [-0.25, -0.2) is 0 Å². The van der Waals surface area contributed by atoms with Gasteiger partial charge in [0.15, 0.2) is 0 Å². The number of Topliss-reactive ketones (excluding diaryl/α,β-unsaturated/α-hetero) is 1. The van der Waals surface area contributed by atoms with Gasteiger partial charge in [-0.15, -0.1) is 0 Å². The van der Waals surface area contributed by atoms with E-state index >= 15 is 0 Å². The summed E-state index contributed by atoms with van der Waals surface area (Å²) in [4.78, 5) is 37.1. The van der Waals surface area contributed by atoms with Gasteiger partial charge in [-0.1, -0.05) is 216 Å². The van der Waals surface area contributed by atoms with Gasteiger partial charge in [-0.05, 0) is 65.0 Å². The number of hydrogen-bond donors (Lipinski definition) is 0. The summed E-state index contributed by atoms with van der Waals surface area (Å²) in [6.07, 6.45) is 42.0. The molecule has 0 amide bonds. The Morgan fingerprint density at radius 1 is 0.474 bits per heavy atom. The molecule has 344 valence electrons. The summed E-state index contributed by atoms with van der Waals surface area (Å²) < 4.78 is 5.80. The van der Waals surface area contributed by atoms with Crippen molar-refractivity contribution in [3.63, 3.8) is 0 Å². The van der Waals surface area contributed by atoms with Gasteiger partial charge >= 0.3 is 5.97 Å². The molecule has 0 radical (unpaired) electrons. The Bertz CT molecular complexity index is 703. The summed E-state index contributed by atoms with van der Waals surface area (Å²) in [6.45, 7) is 19.1. The summed E-state index contributed by atoms with van der Waals surface area (Å²) >= 11 is 0. The number of unbranched alkanes of at least 4 members (excludes halogenated alkanes) is 19. The number of carbonyl (C=O) groups excluding carboxylic acids is 3. The highest BCUT2D eigenvalue weighted by Crippen LogP contribution is 2.22. The van der Waals surface area contributed by atoms with Gasteiger partial charge in [0.1, 0.15) is 18.2 Å². The molecule has 0 spiro atoms. The predicted molar refractivity (Wildman–Crippen MR) is 255 cm³/mol. The van der Waals surface area contributed by atoms with E-state index in [1.807, 2.05) is 27.7 Å². The fourth-order valence-corrected chi connectivity index (χ4v) is 7.39. The van der Waals surface area contributed by atoms with Gasteiger partial charge in [0.25, 0.3) is 0 Å². The van der Waals surface area contributed by atoms with Gasteiger partial charge < -0.3 is 14.4 Å². The van der Waals surface area contributed by atoms with Gasteiger partial charge in [0.2, 0.25) is 0 Å². The van der Waals surface area contributed by atoms with Crippen molar-refractivity contribution in [2.45, 2.75) is 299 Å². The van der Waals surface area contributed by atoms with Crippen LogP contribution < -0.4 is 0 Å². The third-order valence-corrected chi connectivity index (χ3v) is 11.1. The first-order chi connectivity index (χ1) is 27.8. The second-order valence-corrected chi connectivity index (χ2v) is 16.6. The highest BCUT2D eigenvalue weighted by molar-refractivity contribution is 5.78. The average molecular weight is 810 g/mol. The first kappa shape index (κ1) is 62.4. The molecule has 0 aromatic heterocycles. The Morgan fingerprint density at radius 2 is 0.860 bits per heavy atom. The van der Waals surface area contributed by atoms with Crippen LogP contribution in [0, 0.1) is 5.92 Å². The molecule has 0 aliphatic rings. The number of carbonyl (C=O) groups is 3. The molecule has 0 aromatic carbocycles. The van der Waals surface area contributed by atoms with E-state index in [0.717, 1.165) is 76.9 Å². The summed E-state index contributed by atoms with van der Waals surface area (Å²) in [5.41, 5.74) is 0. The third-order valence-electron chi connectivity index (χ3n) is 11.1. The number of nitrogens with zero attached hydrogens (tertiary/aromatic N) is 1. The molecule has 0 N–H and O–H groups in total. The van der Waals surface area contributed by atoms with Gasteiger partial charge in [-0.3, -0.25) is 9.59 Å². The SMILES string of the molecule is CC.CC.CCCCC(CCCC)CC(=O)CCCCCCCCC(CCCCCCCCC(=O)OC(CCCC)CCCC)N(C)C.CCCCCCCC=O. The molecule has 5 heteroatoms. The molecule has 0 heterocycles.